The predicted octanol–water partition coefficient (Wildman–Crippen LogP) is 4.39. The molecule has 0 saturated heterocycles. The summed E-state index contributed by atoms with van der Waals surface area (Å²) in [6.07, 6.45) is -1.08. The van der Waals surface area contributed by atoms with E-state index in [9.17, 15) is 9.59 Å². The van der Waals surface area contributed by atoms with Gasteiger partial charge in [-0.1, -0.05) is 54.6 Å². The van der Waals surface area contributed by atoms with E-state index < -0.39 is 18.2 Å². The first-order valence-corrected chi connectivity index (χ1v) is 8.52. The van der Waals surface area contributed by atoms with Gasteiger partial charge in [0.25, 0.3) is 0 Å². The Bertz CT molecular complexity index is 977. The van der Waals surface area contributed by atoms with Gasteiger partial charge in [0, 0.05) is 11.1 Å². The van der Waals surface area contributed by atoms with Gasteiger partial charge in [0.15, 0.2) is 0 Å². The van der Waals surface area contributed by atoms with Gasteiger partial charge < -0.3 is 20.0 Å². The Hall–Kier alpha value is -4.00. The third-order valence-corrected chi connectivity index (χ3v) is 4.22. The third kappa shape index (κ3) is 3.33. The number of nitrogens with two attached hydrogens (primary N) is 1. The van der Waals surface area contributed by atoms with Crippen LogP contribution in [0.4, 0.5) is 9.59 Å². The summed E-state index contributed by atoms with van der Waals surface area (Å²) in [5, 5.41) is 0.797. The molecule has 0 bridgehead atoms. The second-order valence-corrected chi connectivity index (χ2v) is 6.00. The highest BCUT2D eigenvalue weighted by molar-refractivity contribution is 5.75. The first-order chi connectivity index (χ1) is 13.6. The Morgan fingerprint density at radius 3 is 1.93 bits per heavy atom. The van der Waals surface area contributed by atoms with E-state index in [1.54, 1.807) is 66.7 Å². The Kier molecular flexibility index (Phi) is 4.55. The van der Waals surface area contributed by atoms with E-state index in [2.05, 4.69) is 0 Å². The van der Waals surface area contributed by atoms with Crippen molar-refractivity contribution in [2.75, 3.05) is 0 Å². The van der Waals surface area contributed by atoms with E-state index in [1.807, 2.05) is 12.1 Å². The van der Waals surface area contributed by atoms with E-state index in [0.717, 1.165) is 5.06 Å². The van der Waals surface area contributed by atoms with Crippen molar-refractivity contribution in [3.05, 3.63) is 90.0 Å². The second kappa shape index (κ2) is 7.32. The van der Waals surface area contributed by atoms with Gasteiger partial charge >= 0.3 is 12.2 Å². The minimum Gasteiger partial charge on any atom is -0.457 e. The smallest absolute Gasteiger partial charge is 0.457 e. The first kappa shape index (κ1) is 17.4. The molecule has 3 aromatic carbocycles. The summed E-state index contributed by atoms with van der Waals surface area (Å²) in [4.78, 5) is 29.7. The van der Waals surface area contributed by atoms with Gasteiger partial charge in [-0.3, -0.25) is 0 Å². The number of urea groups is 1. The number of benzene rings is 3. The molecule has 0 spiro atoms. The maximum absolute atomic E-state index is 12.3. The molecule has 0 aliphatic carbocycles. The molecule has 7 nitrogen and oxygen atoms in total. The van der Waals surface area contributed by atoms with Crippen molar-refractivity contribution in [1.29, 1.82) is 0 Å². The molecule has 7 heteroatoms. The lowest BCUT2D eigenvalue weighted by Crippen LogP contribution is -2.42. The molecule has 28 heavy (non-hydrogen) atoms. The molecule has 2 amide bonds. The molecule has 0 aromatic heterocycles. The number of fused-ring (bicyclic) bond motifs is 2. The second-order valence-electron chi connectivity index (χ2n) is 6.00. The van der Waals surface area contributed by atoms with Gasteiger partial charge in [-0.25, -0.2) is 9.59 Å². The zero-order valence-electron chi connectivity index (χ0n) is 14.6. The fraction of sp³-hybridized carbons (Fsp3) is 0.0476. The number of nitrogens with zero attached hydrogens (tertiary/aromatic N) is 1. The Morgan fingerprint density at radius 1 is 0.821 bits per heavy atom. The first-order valence-electron chi connectivity index (χ1n) is 8.52. The van der Waals surface area contributed by atoms with Crippen LogP contribution in [0.5, 0.6) is 17.2 Å². The SMILES string of the molecule is NC(=O)N(OC(=O)Oc1ccccc1)C1c2ccccc2Oc2ccccc21. The molecule has 0 unspecified atom stereocenters. The highest BCUT2D eigenvalue weighted by Crippen LogP contribution is 2.45. The van der Waals surface area contributed by atoms with Crippen molar-refractivity contribution >= 4 is 12.2 Å². The lowest BCUT2D eigenvalue weighted by atomic mass is 9.94. The molecule has 0 fully saturated rings. The third-order valence-electron chi connectivity index (χ3n) is 4.22. The van der Waals surface area contributed by atoms with Crippen LogP contribution in [-0.2, 0) is 4.84 Å². The number of ether oxygens (including phenoxy) is 2. The number of carbonyl (C=O) groups excluding carboxylic acids is 2. The van der Waals surface area contributed by atoms with Crippen molar-refractivity contribution in [2.45, 2.75) is 6.04 Å². The summed E-state index contributed by atoms with van der Waals surface area (Å²) in [6.45, 7) is 0. The van der Waals surface area contributed by atoms with Crippen molar-refractivity contribution in [3.8, 4) is 17.2 Å². The molecular formula is C21H16N2O5. The fourth-order valence-corrected chi connectivity index (χ4v) is 3.05. The maximum atomic E-state index is 12.3. The number of hydrogen-bond donors (Lipinski definition) is 1. The van der Waals surface area contributed by atoms with Crippen molar-refractivity contribution in [2.24, 2.45) is 5.73 Å². The zero-order valence-corrected chi connectivity index (χ0v) is 14.6. The van der Waals surface area contributed by atoms with E-state index in [-0.39, 0.29) is 5.75 Å². The van der Waals surface area contributed by atoms with Crippen molar-refractivity contribution in [3.63, 3.8) is 0 Å². The van der Waals surface area contributed by atoms with Crippen LogP contribution in [0.1, 0.15) is 17.2 Å². The van der Waals surface area contributed by atoms with Crippen LogP contribution in [-0.4, -0.2) is 17.2 Å². The molecule has 4 rings (SSSR count). The summed E-state index contributed by atoms with van der Waals surface area (Å²) in [7, 11) is 0. The summed E-state index contributed by atoms with van der Waals surface area (Å²) in [5.74, 6) is 1.36. The standard InChI is InChI=1S/C21H16N2O5/c22-20(24)23(28-21(25)26-14-8-2-1-3-9-14)19-15-10-4-6-12-17(15)27-18-13-7-5-11-16(18)19/h1-13,19H,(H2,22,24). The van der Waals surface area contributed by atoms with Crippen molar-refractivity contribution in [1.82, 2.24) is 5.06 Å². The number of para-hydroxylation sites is 3. The number of amides is 2. The van der Waals surface area contributed by atoms with Crippen LogP contribution in [0, 0.1) is 0 Å². The summed E-state index contributed by atoms with van der Waals surface area (Å²) < 4.78 is 11.0. The Balaban J connectivity index is 1.68. The van der Waals surface area contributed by atoms with Gasteiger partial charge in [-0.05, 0) is 24.3 Å². The molecule has 1 heterocycles. The molecular weight excluding hydrogens is 360 g/mol. The molecule has 1 aliphatic rings. The van der Waals surface area contributed by atoms with Crippen LogP contribution in [0.15, 0.2) is 78.9 Å². The van der Waals surface area contributed by atoms with Crippen LogP contribution < -0.4 is 15.2 Å². The van der Waals surface area contributed by atoms with Gasteiger partial charge in [-0.15, -0.1) is 5.06 Å². The van der Waals surface area contributed by atoms with Gasteiger partial charge in [0.2, 0.25) is 0 Å². The Labute approximate surface area is 160 Å². The summed E-state index contributed by atoms with van der Waals surface area (Å²) >= 11 is 0. The molecule has 0 atom stereocenters. The fourth-order valence-electron chi connectivity index (χ4n) is 3.05. The highest BCUT2D eigenvalue weighted by atomic mass is 16.8. The number of rotatable bonds is 2. The predicted molar refractivity (Wildman–Crippen MR) is 99.8 cm³/mol. The summed E-state index contributed by atoms with van der Waals surface area (Å²) in [6, 6.07) is 21.0. The van der Waals surface area contributed by atoms with E-state index in [4.69, 9.17) is 20.0 Å². The normalized spacial score (nSPS) is 12.1. The van der Waals surface area contributed by atoms with Gasteiger partial charge in [0.1, 0.15) is 23.3 Å². The van der Waals surface area contributed by atoms with Crippen LogP contribution in [0.2, 0.25) is 0 Å². The quantitative estimate of drug-likeness (QED) is 0.407. The van der Waals surface area contributed by atoms with Crippen LogP contribution in [0.25, 0.3) is 0 Å². The zero-order chi connectivity index (χ0) is 19.5. The summed E-state index contributed by atoms with van der Waals surface area (Å²) in [5.41, 5.74) is 6.80. The number of hydroxylamine groups is 2. The molecule has 0 radical (unpaired) electrons. The molecule has 2 N–H and O–H groups in total. The average Bonchev–Trinajstić information content (AvgIpc) is 2.71. The largest absolute Gasteiger partial charge is 0.539 e. The molecule has 140 valence electrons. The highest BCUT2D eigenvalue weighted by Gasteiger charge is 2.36. The van der Waals surface area contributed by atoms with Gasteiger partial charge in [-0.2, -0.15) is 0 Å². The lowest BCUT2D eigenvalue weighted by Gasteiger charge is -2.33. The van der Waals surface area contributed by atoms with E-state index in [1.165, 1.54) is 0 Å². The average molecular weight is 376 g/mol. The van der Waals surface area contributed by atoms with Crippen LogP contribution >= 0.6 is 0 Å². The number of carbonyl (C=O) groups is 2. The number of primary amides is 1. The molecule has 1 aliphatic heterocycles. The molecule has 0 saturated carbocycles. The Morgan fingerprint density at radius 2 is 1.36 bits per heavy atom. The van der Waals surface area contributed by atoms with E-state index in [0.29, 0.717) is 22.6 Å². The minimum atomic E-state index is -1.08. The lowest BCUT2D eigenvalue weighted by molar-refractivity contribution is -0.0954. The molecule has 3 aromatic rings. The maximum Gasteiger partial charge on any atom is 0.539 e. The monoisotopic (exact) mass is 376 g/mol. The van der Waals surface area contributed by atoms with E-state index >= 15 is 0 Å². The van der Waals surface area contributed by atoms with Crippen LogP contribution in [0.3, 0.4) is 0 Å². The van der Waals surface area contributed by atoms with Gasteiger partial charge in [0.05, 0.1) is 0 Å². The van der Waals surface area contributed by atoms with Crippen molar-refractivity contribution < 1.29 is 23.9 Å². The number of hydrogen-bond acceptors (Lipinski definition) is 5. The topological polar surface area (TPSA) is 91.1 Å². The minimum absolute atomic E-state index is 0.282.